The van der Waals surface area contributed by atoms with Crippen molar-refractivity contribution in [2.45, 2.75) is 6.04 Å². The van der Waals surface area contributed by atoms with Gasteiger partial charge in [0.25, 0.3) is 0 Å². The molecule has 0 N–H and O–H groups in total. The van der Waals surface area contributed by atoms with Crippen LogP contribution in [0.4, 0.5) is 0 Å². The van der Waals surface area contributed by atoms with Crippen molar-refractivity contribution in [3.63, 3.8) is 0 Å². The largest absolute Gasteiger partial charge is 0.261 e. The third kappa shape index (κ3) is 2.05. The van der Waals surface area contributed by atoms with E-state index in [0.29, 0.717) is 0 Å². The van der Waals surface area contributed by atoms with Crippen LogP contribution in [0.15, 0.2) is 79.1 Å². The summed E-state index contributed by atoms with van der Waals surface area (Å²) >= 11 is 0. The smallest absolute Gasteiger partial charge is 0.102 e. The molecule has 2 heteroatoms. The van der Waals surface area contributed by atoms with Crippen molar-refractivity contribution in [2.24, 2.45) is 0 Å². The second-order valence-electron chi connectivity index (χ2n) is 4.21. The zero-order chi connectivity index (χ0) is 12.2. The second-order valence-corrected chi connectivity index (χ2v) is 4.21. The first-order chi connectivity index (χ1) is 8.95. The highest BCUT2D eigenvalue weighted by Gasteiger charge is 2.15. The fourth-order valence-electron chi connectivity index (χ4n) is 2.20. The maximum atomic E-state index is 4.39. The SMILES string of the molecule is c1ccc(C(c2ccccc2)n2cccn2)cc1. The van der Waals surface area contributed by atoms with Gasteiger partial charge in [0.2, 0.25) is 0 Å². The standard InChI is InChI=1S/C16H14N2/c1-3-8-14(9-4-1)16(18-13-7-12-17-18)15-10-5-2-6-11-15/h1-13,16H. The summed E-state index contributed by atoms with van der Waals surface area (Å²) in [6.45, 7) is 0. The van der Waals surface area contributed by atoms with Gasteiger partial charge in [0.15, 0.2) is 0 Å². The molecule has 88 valence electrons. The molecule has 1 aromatic heterocycles. The molecule has 0 saturated carbocycles. The molecule has 3 rings (SSSR count). The summed E-state index contributed by atoms with van der Waals surface area (Å²) in [5.41, 5.74) is 2.49. The van der Waals surface area contributed by atoms with Gasteiger partial charge in [-0.3, -0.25) is 4.68 Å². The average Bonchev–Trinajstić information content (AvgIpc) is 2.95. The summed E-state index contributed by atoms with van der Waals surface area (Å²) in [5.74, 6) is 0. The van der Waals surface area contributed by atoms with Crippen LogP contribution in [-0.4, -0.2) is 9.78 Å². The van der Waals surface area contributed by atoms with Gasteiger partial charge in [-0.05, 0) is 17.2 Å². The van der Waals surface area contributed by atoms with Crippen molar-refractivity contribution >= 4 is 0 Å². The van der Waals surface area contributed by atoms with Gasteiger partial charge < -0.3 is 0 Å². The molecule has 0 saturated heterocycles. The zero-order valence-corrected chi connectivity index (χ0v) is 9.98. The lowest BCUT2D eigenvalue weighted by Gasteiger charge is -2.18. The fraction of sp³-hybridized carbons (Fsp3) is 0.0625. The molecule has 1 heterocycles. The summed E-state index contributed by atoms with van der Waals surface area (Å²) in [5, 5.41) is 4.39. The highest BCUT2D eigenvalue weighted by Crippen LogP contribution is 2.25. The molecular weight excluding hydrogens is 220 g/mol. The third-order valence-electron chi connectivity index (χ3n) is 3.02. The number of benzene rings is 2. The molecule has 2 aromatic carbocycles. The van der Waals surface area contributed by atoms with Crippen LogP contribution in [0.3, 0.4) is 0 Å². The van der Waals surface area contributed by atoms with Crippen LogP contribution in [-0.2, 0) is 0 Å². The van der Waals surface area contributed by atoms with Crippen LogP contribution >= 0.6 is 0 Å². The summed E-state index contributed by atoms with van der Waals surface area (Å²) in [6, 6.07) is 23.0. The Balaban J connectivity index is 2.11. The number of aromatic nitrogens is 2. The van der Waals surface area contributed by atoms with Crippen molar-refractivity contribution in [3.8, 4) is 0 Å². The van der Waals surface area contributed by atoms with Crippen molar-refractivity contribution in [2.75, 3.05) is 0 Å². The molecule has 0 fully saturated rings. The van der Waals surface area contributed by atoms with Gasteiger partial charge in [-0.1, -0.05) is 60.7 Å². The van der Waals surface area contributed by atoms with Gasteiger partial charge in [-0.15, -0.1) is 0 Å². The minimum atomic E-state index is 0.141. The van der Waals surface area contributed by atoms with Crippen LogP contribution in [0.1, 0.15) is 17.2 Å². The van der Waals surface area contributed by atoms with Crippen LogP contribution in [0, 0.1) is 0 Å². The molecule has 0 aliphatic heterocycles. The van der Waals surface area contributed by atoms with Crippen molar-refractivity contribution in [1.82, 2.24) is 9.78 Å². The van der Waals surface area contributed by atoms with E-state index in [9.17, 15) is 0 Å². The molecule has 2 nitrogen and oxygen atoms in total. The Labute approximate surface area is 107 Å². The summed E-state index contributed by atoms with van der Waals surface area (Å²) in [6.07, 6.45) is 3.82. The van der Waals surface area contributed by atoms with Gasteiger partial charge >= 0.3 is 0 Å². The predicted octanol–water partition coefficient (Wildman–Crippen LogP) is 3.52. The molecule has 0 radical (unpaired) electrons. The first-order valence-electron chi connectivity index (χ1n) is 6.04. The van der Waals surface area contributed by atoms with Gasteiger partial charge in [0, 0.05) is 12.4 Å². The van der Waals surface area contributed by atoms with Crippen LogP contribution in [0.25, 0.3) is 0 Å². The number of hydrogen-bond acceptors (Lipinski definition) is 1. The van der Waals surface area contributed by atoms with E-state index >= 15 is 0 Å². The monoisotopic (exact) mass is 234 g/mol. The van der Waals surface area contributed by atoms with Crippen LogP contribution in [0.5, 0.6) is 0 Å². The molecule has 0 spiro atoms. The minimum absolute atomic E-state index is 0.141. The first-order valence-corrected chi connectivity index (χ1v) is 6.04. The highest BCUT2D eigenvalue weighted by molar-refractivity contribution is 5.32. The van der Waals surface area contributed by atoms with Crippen molar-refractivity contribution in [3.05, 3.63) is 90.3 Å². The maximum Gasteiger partial charge on any atom is 0.102 e. The Morgan fingerprint density at radius 3 is 1.72 bits per heavy atom. The summed E-state index contributed by atoms with van der Waals surface area (Å²) < 4.78 is 1.99. The van der Waals surface area contributed by atoms with Gasteiger partial charge in [-0.2, -0.15) is 5.10 Å². The van der Waals surface area contributed by atoms with E-state index in [2.05, 4.69) is 53.6 Å². The normalized spacial score (nSPS) is 10.7. The molecule has 0 bridgehead atoms. The molecule has 18 heavy (non-hydrogen) atoms. The Bertz CT molecular complexity index is 546. The van der Waals surface area contributed by atoms with E-state index in [-0.39, 0.29) is 6.04 Å². The second kappa shape index (κ2) is 4.88. The quantitative estimate of drug-likeness (QED) is 0.678. The predicted molar refractivity (Wildman–Crippen MR) is 72.4 cm³/mol. The molecule has 3 aromatic rings. The molecule has 0 amide bonds. The molecule has 0 aliphatic carbocycles. The summed E-state index contributed by atoms with van der Waals surface area (Å²) in [7, 11) is 0. The van der Waals surface area contributed by atoms with E-state index in [4.69, 9.17) is 0 Å². The van der Waals surface area contributed by atoms with Gasteiger partial charge in [0.05, 0.1) is 0 Å². The Morgan fingerprint density at radius 2 is 1.28 bits per heavy atom. The average molecular weight is 234 g/mol. The Hall–Kier alpha value is -2.35. The molecule has 0 aliphatic rings. The molecular formula is C16H14N2. The number of nitrogens with zero attached hydrogens (tertiary/aromatic N) is 2. The zero-order valence-electron chi connectivity index (χ0n) is 9.98. The van der Waals surface area contributed by atoms with Crippen LogP contribution in [0.2, 0.25) is 0 Å². The van der Waals surface area contributed by atoms with E-state index in [1.165, 1.54) is 11.1 Å². The van der Waals surface area contributed by atoms with Crippen molar-refractivity contribution in [1.29, 1.82) is 0 Å². The minimum Gasteiger partial charge on any atom is -0.261 e. The van der Waals surface area contributed by atoms with Gasteiger partial charge in [-0.25, -0.2) is 0 Å². The Morgan fingerprint density at radius 1 is 0.722 bits per heavy atom. The van der Waals surface area contributed by atoms with Crippen molar-refractivity contribution < 1.29 is 0 Å². The fourth-order valence-corrected chi connectivity index (χ4v) is 2.20. The maximum absolute atomic E-state index is 4.39. The van der Waals surface area contributed by atoms with Gasteiger partial charge in [0.1, 0.15) is 6.04 Å². The number of hydrogen-bond donors (Lipinski definition) is 0. The summed E-state index contributed by atoms with van der Waals surface area (Å²) in [4.78, 5) is 0. The lowest BCUT2D eigenvalue weighted by Crippen LogP contribution is -2.12. The van der Waals surface area contributed by atoms with E-state index in [1.807, 2.05) is 35.3 Å². The van der Waals surface area contributed by atoms with Crippen LogP contribution < -0.4 is 0 Å². The molecule has 0 unspecified atom stereocenters. The lowest BCUT2D eigenvalue weighted by atomic mass is 9.99. The highest BCUT2D eigenvalue weighted by atomic mass is 15.3. The third-order valence-corrected chi connectivity index (χ3v) is 3.02. The number of rotatable bonds is 3. The van der Waals surface area contributed by atoms with E-state index < -0.39 is 0 Å². The first kappa shape index (κ1) is 10.8. The Kier molecular flexibility index (Phi) is 2.92. The van der Waals surface area contributed by atoms with E-state index in [0.717, 1.165) is 0 Å². The lowest BCUT2D eigenvalue weighted by molar-refractivity contribution is 0.595. The topological polar surface area (TPSA) is 17.8 Å². The van der Waals surface area contributed by atoms with E-state index in [1.54, 1.807) is 0 Å². The molecule has 0 atom stereocenters.